The number of carbonyl (C=O) groups excluding carboxylic acids is 1. The molecule has 1 N–H and O–H groups in total. The van der Waals surface area contributed by atoms with Crippen LogP contribution in [0.1, 0.15) is 12.8 Å². The van der Waals surface area contributed by atoms with Crippen molar-refractivity contribution in [1.29, 1.82) is 0 Å². The maximum absolute atomic E-state index is 12.5. The Bertz CT molecular complexity index is 915. The van der Waals surface area contributed by atoms with E-state index in [1.165, 1.54) is 19.2 Å². The van der Waals surface area contributed by atoms with Crippen molar-refractivity contribution in [2.75, 3.05) is 18.9 Å². The lowest BCUT2D eigenvalue weighted by Crippen LogP contribution is -2.28. The summed E-state index contributed by atoms with van der Waals surface area (Å²) in [6.45, 7) is 0.146. The number of benzene rings is 2. The molecule has 0 aliphatic rings. The van der Waals surface area contributed by atoms with Crippen LogP contribution >= 0.6 is 15.9 Å². The van der Waals surface area contributed by atoms with Gasteiger partial charge in [-0.3, -0.25) is 14.9 Å². The topological polar surface area (TPSA) is 110 Å². The van der Waals surface area contributed by atoms with Crippen molar-refractivity contribution in [3.63, 3.8) is 0 Å². The minimum absolute atomic E-state index is 0.0325. The number of nitrogens with zero attached hydrogens (tertiary/aromatic N) is 2. The highest BCUT2D eigenvalue weighted by Gasteiger charge is 2.21. The van der Waals surface area contributed by atoms with Crippen molar-refractivity contribution in [1.82, 2.24) is 4.31 Å². The van der Waals surface area contributed by atoms with E-state index in [0.29, 0.717) is 12.1 Å². The van der Waals surface area contributed by atoms with Crippen LogP contribution in [0.5, 0.6) is 0 Å². The van der Waals surface area contributed by atoms with Gasteiger partial charge in [0.2, 0.25) is 15.9 Å². The predicted octanol–water partition coefficient (Wildman–Crippen LogP) is 3.40. The Balaban J connectivity index is 1.88. The monoisotopic (exact) mass is 455 g/mol. The number of rotatable bonds is 8. The summed E-state index contributed by atoms with van der Waals surface area (Å²) < 4.78 is 27.0. The maximum Gasteiger partial charge on any atom is 0.269 e. The van der Waals surface area contributed by atoms with Gasteiger partial charge in [0, 0.05) is 42.3 Å². The maximum atomic E-state index is 12.5. The third-order valence-corrected chi connectivity index (χ3v) is 6.16. The Morgan fingerprint density at radius 3 is 2.30 bits per heavy atom. The third-order valence-electron chi connectivity index (χ3n) is 3.76. The molecule has 0 aliphatic heterocycles. The molecular formula is C17H18BrN3O5S. The first-order valence-corrected chi connectivity index (χ1v) is 10.2. The minimum Gasteiger partial charge on any atom is -0.326 e. The molecule has 0 unspecified atom stereocenters. The van der Waals surface area contributed by atoms with Crippen molar-refractivity contribution in [2.45, 2.75) is 17.7 Å². The number of nitro benzene ring substituents is 1. The Labute approximate surface area is 165 Å². The average Bonchev–Trinajstić information content (AvgIpc) is 2.63. The van der Waals surface area contributed by atoms with Gasteiger partial charge in [-0.15, -0.1) is 0 Å². The van der Waals surface area contributed by atoms with Gasteiger partial charge in [0.25, 0.3) is 5.69 Å². The van der Waals surface area contributed by atoms with Crippen LogP contribution in [-0.2, 0) is 14.8 Å². The van der Waals surface area contributed by atoms with Crippen LogP contribution in [0.3, 0.4) is 0 Å². The first-order chi connectivity index (χ1) is 12.7. The molecule has 0 aromatic heterocycles. The highest BCUT2D eigenvalue weighted by Crippen LogP contribution is 2.19. The molecule has 2 aromatic rings. The molecule has 0 radical (unpaired) electrons. The molecule has 1 amide bonds. The Morgan fingerprint density at radius 1 is 1.15 bits per heavy atom. The van der Waals surface area contributed by atoms with E-state index in [2.05, 4.69) is 21.2 Å². The van der Waals surface area contributed by atoms with E-state index in [4.69, 9.17) is 0 Å². The number of nitro groups is 1. The number of amides is 1. The number of nitrogens with one attached hydrogen (secondary N) is 1. The van der Waals surface area contributed by atoms with Crippen LogP contribution in [-0.4, -0.2) is 37.1 Å². The third kappa shape index (κ3) is 5.84. The Kier molecular flexibility index (Phi) is 7.05. The normalized spacial score (nSPS) is 11.4. The van der Waals surface area contributed by atoms with Crippen molar-refractivity contribution in [2.24, 2.45) is 0 Å². The van der Waals surface area contributed by atoms with Crippen molar-refractivity contribution >= 4 is 43.2 Å². The molecule has 0 heterocycles. The summed E-state index contributed by atoms with van der Waals surface area (Å²) in [5.41, 5.74) is 0.483. The lowest BCUT2D eigenvalue weighted by Gasteiger charge is -2.17. The number of carbonyl (C=O) groups is 1. The lowest BCUT2D eigenvalue weighted by atomic mass is 10.2. The van der Waals surface area contributed by atoms with E-state index in [1.54, 1.807) is 24.3 Å². The van der Waals surface area contributed by atoms with E-state index in [9.17, 15) is 23.3 Å². The SMILES string of the molecule is CN(CCCC(=O)Nc1ccc(Br)cc1)S(=O)(=O)c1ccc([N+](=O)[O-])cc1. The van der Waals surface area contributed by atoms with E-state index >= 15 is 0 Å². The van der Waals surface area contributed by atoms with Crippen LogP contribution in [0.15, 0.2) is 57.9 Å². The zero-order valence-corrected chi connectivity index (χ0v) is 16.9. The number of hydrogen-bond donors (Lipinski definition) is 1. The van der Waals surface area contributed by atoms with Crippen LogP contribution in [0.25, 0.3) is 0 Å². The summed E-state index contributed by atoms with van der Waals surface area (Å²) in [5.74, 6) is -0.210. The first kappa shape index (κ1) is 21.0. The molecular weight excluding hydrogens is 438 g/mol. The summed E-state index contributed by atoms with van der Waals surface area (Å²) in [4.78, 5) is 22.0. The second-order valence-corrected chi connectivity index (χ2v) is 8.70. The molecule has 0 aliphatic carbocycles. The standard InChI is InChI=1S/C17H18BrN3O5S/c1-20(27(25,26)16-10-8-15(9-11-16)21(23)24)12-2-3-17(22)19-14-6-4-13(18)5-7-14/h4-11H,2-3,12H2,1H3,(H,19,22). The molecule has 2 rings (SSSR count). The number of halogens is 1. The second-order valence-electron chi connectivity index (χ2n) is 5.74. The van der Waals surface area contributed by atoms with E-state index in [0.717, 1.165) is 20.9 Å². The van der Waals surface area contributed by atoms with Gasteiger partial charge in [0.1, 0.15) is 0 Å². The van der Waals surface area contributed by atoms with Crippen LogP contribution < -0.4 is 5.32 Å². The molecule has 0 bridgehead atoms. The highest BCUT2D eigenvalue weighted by molar-refractivity contribution is 9.10. The van der Waals surface area contributed by atoms with Crippen LogP contribution in [0, 0.1) is 10.1 Å². The zero-order chi connectivity index (χ0) is 20.0. The smallest absolute Gasteiger partial charge is 0.269 e. The molecule has 8 nitrogen and oxygen atoms in total. The van der Waals surface area contributed by atoms with E-state index < -0.39 is 14.9 Å². The van der Waals surface area contributed by atoms with Crippen molar-refractivity contribution in [3.8, 4) is 0 Å². The van der Waals surface area contributed by atoms with Crippen molar-refractivity contribution in [3.05, 3.63) is 63.1 Å². The van der Waals surface area contributed by atoms with Gasteiger partial charge in [-0.05, 0) is 42.8 Å². The average molecular weight is 456 g/mol. The van der Waals surface area contributed by atoms with Crippen LogP contribution in [0.2, 0.25) is 0 Å². The second kappa shape index (κ2) is 9.07. The minimum atomic E-state index is -3.77. The molecule has 144 valence electrons. The Hall–Kier alpha value is -2.30. The summed E-state index contributed by atoms with van der Waals surface area (Å²) >= 11 is 3.31. The highest BCUT2D eigenvalue weighted by atomic mass is 79.9. The summed E-state index contributed by atoms with van der Waals surface area (Å²) in [6.07, 6.45) is 0.501. The number of sulfonamides is 1. The molecule has 27 heavy (non-hydrogen) atoms. The fraction of sp³-hybridized carbons (Fsp3) is 0.235. The fourth-order valence-corrected chi connectivity index (χ4v) is 3.73. The molecule has 0 atom stereocenters. The molecule has 0 saturated heterocycles. The summed E-state index contributed by atoms with van der Waals surface area (Å²) in [5, 5.41) is 13.4. The van der Waals surface area contributed by atoms with Crippen molar-refractivity contribution < 1.29 is 18.1 Å². The fourth-order valence-electron chi connectivity index (χ4n) is 2.26. The summed E-state index contributed by atoms with van der Waals surface area (Å²) in [7, 11) is -2.36. The number of non-ortho nitro benzene ring substituents is 1. The number of anilines is 1. The Morgan fingerprint density at radius 2 is 1.74 bits per heavy atom. The molecule has 10 heteroatoms. The van der Waals surface area contributed by atoms with Gasteiger partial charge in [0.15, 0.2) is 0 Å². The quantitative estimate of drug-likeness (QED) is 0.484. The van der Waals surface area contributed by atoms with Crippen LogP contribution in [0.4, 0.5) is 11.4 Å². The van der Waals surface area contributed by atoms with E-state index in [1.807, 2.05) is 0 Å². The van der Waals surface area contributed by atoms with E-state index in [-0.39, 0.29) is 29.5 Å². The predicted molar refractivity (Wildman–Crippen MR) is 105 cm³/mol. The molecule has 0 spiro atoms. The first-order valence-electron chi connectivity index (χ1n) is 7.96. The largest absolute Gasteiger partial charge is 0.326 e. The van der Waals surface area contributed by atoms with Gasteiger partial charge in [-0.2, -0.15) is 0 Å². The van der Waals surface area contributed by atoms with Gasteiger partial charge in [-0.25, -0.2) is 12.7 Å². The van der Waals surface area contributed by atoms with Gasteiger partial charge in [-0.1, -0.05) is 15.9 Å². The molecule has 0 fully saturated rings. The lowest BCUT2D eigenvalue weighted by molar-refractivity contribution is -0.384. The van der Waals surface area contributed by atoms with Gasteiger partial charge < -0.3 is 5.32 Å². The zero-order valence-electron chi connectivity index (χ0n) is 14.5. The molecule has 0 saturated carbocycles. The molecule has 2 aromatic carbocycles. The summed E-state index contributed by atoms with van der Waals surface area (Å²) in [6, 6.07) is 11.8. The van der Waals surface area contributed by atoms with Gasteiger partial charge >= 0.3 is 0 Å². The van der Waals surface area contributed by atoms with Gasteiger partial charge in [0.05, 0.1) is 9.82 Å². The number of hydrogen-bond acceptors (Lipinski definition) is 5.